The SMILES string of the molecule is C[C@@H](OC1CCCC(c2ccc(S(C)(=O)=O)cc2)N1)C1CCCS1. The molecular weight excluding hydrogens is 342 g/mol. The number of sulfone groups is 1. The fourth-order valence-electron chi connectivity index (χ4n) is 3.54. The fourth-order valence-corrected chi connectivity index (χ4v) is 5.47. The lowest BCUT2D eigenvalue weighted by molar-refractivity contribution is -0.0444. The van der Waals surface area contributed by atoms with E-state index in [1.165, 1.54) is 24.9 Å². The van der Waals surface area contributed by atoms with Crippen molar-refractivity contribution in [1.82, 2.24) is 5.32 Å². The van der Waals surface area contributed by atoms with Gasteiger partial charge in [-0.25, -0.2) is 8.42 Å². The summed E-state index contributed by atoms with van der Waals surface area (Å²) in [6, 6.07) is 7.49. The van der Waals surface area contributed by atoms with Crippen molar-refractivity contribution in [2.75, 3.05) is 12.0 Å². The molecule has 6 heteroatoms. The number of thioether (sulfide) groups is 1. The quantitative estimate of drug-likeness (QED) is 0.860. The van der Waals surface area contributed by atoms with Crippen LogP contribution in [0.1, 0.15) is 50.6 Å². The minimum atomic E-state index is -3.13. The predicted molar refractivity (Wildman–Crippen MR) is 99.1 cm³/mol. The highest BCUT2D eigenvalue weighted by molar-refractivity contribution is 8.00. The summed E-state index contributed by atoms with van der Waals surface area (Å²) < 4.78 is 29.4. The molecule has 0 amide bonds. The predicted octanol–water partition coefficient (Wildman–Crippen LogP) is 3.53. The van der Waals surface area contributed by atoms with E-state index in [-0.39, 0.29) is 18.4 Å². The summed E-state index contributed by atoms with van der Waals surface area (Å²) in [7, 11) is -3.13. The van der Waals surface area contributed by atoms with Gasteiger partial charge in [0.1, 0.15) is 6.23 Å². The first kappa shape index (κ1) is 18.2. The second-order valence-corrected chi connectivity index (χ2v) is 10.2. The van der Waals surface area contributed by atoms with Crippen LogP contribution in [0.3, 0.4) is 0 Å². The van der Waals surface area contributed by atoms with E-state index in [1.54, 1.807) is 12.1 Å². The summed E-state index contributed by atoms with van der Waals surface area (Å²) in [5.41, 5.74) is 1.14. The van der Waals surface area contributed by atoms with Gasteiger partial charge in [0.15, 0.2) is 9.84 Å². The summed E-state index contributed by atoms with van der Waals surface area (Å²) in [5, 5.41) is 4.23. The molecule has 2 aliphatic heterocycles. The van der Waals surface area contributed by atoms with Gasteiger partial charge in [-0.1, -0.05) is 12.1 Å². The standard InChI is InChI=1S/C18H27NO3S2/c1-13(17-6-4-12-23-17)22-18-7-3-5-16(19-18)14-8-10-15(11-9-14)24(2,20)21/h8-11,13,16-19H,3-7,12H2,1-2H3/t13-,16?,17?,18?/m1/s1. The fraction of sp³-hybridized carbons (Fsp3) is 0.667. The van der Waals surface area contributed by atoms with Crippen molar-refractivity contribution in [2.24, 2.45) is 0 Å². The maximum atomic E-state index is 11.6. The van der Waals surface area contributed by atoms with Crippen molar-refractivity contribution in [3.05, 3.63) is 29.8 Å². The Bertz CT molecular complexity index is 639. The molecule has 2 fully saturated rings. The number of benzene rings is 1. The van der Waals surface area contributed by atoms with Gasteiger partial charge < -0.3 is 4.74 Å². The number of hydrogen-bond acceptors (Lipinski definition) is 5. The lowest BCUT2D eigenvalue weighted by atomic mass is 9.97. The van der Waals surface area contributed by atoms with Crippen molar-refractivity contribution in [1.29, 1.82) is 0 Å². The van der Waals surface area contributed by atoms with Gasteiger partial charge in [0.25, 0.3) is 0 Å². The number of hydrogen-bond donors (Lipinski definition) is 1. The molecule has 0 aromatic heterocycles. The Morgan fingerprint density at radius 3 is 2.54 bits per heavy atom. The third kappa shape index (κ3) is 4.54. The molecule has 1 N–H and O–H groups in total. The van der Waals surface area contributed by atoms with Crippen LogP contribution in [0.2, 0.25) is 0 Å². The zero-order valence-electron chi connectivity index (χ0n) is 14.4. The molecule has 2 saturated heterocycles. The molecule has 0 saturated carbocycles. The van der Waals surface area contributed by atoms with E-state index in [2.05, 4.69) is 12.2 Å². The Morgan fingerprint density at radius 1 is 1.17 bits per heavy atom. The summed E-state index contributed by atoms with van der Waals surface area (Å²) in [6.07, 6.45) is 7.40. The number of ether oxygens (including phenoxy) is 1. The average molecular weight is 370 g/mol. The van der Waals surface area contributed by atoms with E-state index in [1.807, 2.05) is 23.9 Å². The van der Waals surface area contributed by atoms with Crippen LogP contribution in [0.25, 0.3) is 0 Å². The second kappa shape index (κ2) is 7.77. The van der Waals surface area contributed by atoms with Crippen molar-refractivity contribution in [3.8, 4) is 0 Å². The zero-order valence-corrected chi connectivity index (χ0v) is 16.0. The van der Waals surface area contributed by atoms with Gasteiger partial charge in [0.2, 0.25) is 0 Å². The van der Waals surface area contributed by atoms with E-state index in [0.29, 0.717) is 10.1 Å². The van der Waals surface area contributed by atoms with E-state index in [0.717, 1.165) is 24.8 Å². The lowest BCUT2D eigenvalue weighted by Crippen LogP contribution is -2.42. The molecule has 2 aliphatic rings. The molecule has 0 bridgehead atoms. The minimum absolute atomic E-state index is 0.0922. The molecule has 3 rings (SSSR count). The van der Waals surface area contributed by atoms with E-state index < -0.39 is 9.84 Å². The Labute approximate surface area is 149 Å². The van der Waals surface area contributed by atoms with Crippen LogP contribution in [0, 0.1) is 0 Å². The highest BCUT2D eigenvalue weighted by Crippen LogP contribution is 2.32. The van der Waals surface area contributed by atoms with Crippen LogP contribution in [-0.2, 0) is 14.6 Å². The number of piperidine rings is 1. The van der Waals surface area contributed by atoms with E-state index in [9.17, 15) is 8.42 Å². The van der Waals surface area contributed by atoms with Crippen molar-refractivity contribution >= 4 is 21.6 Å². The minimum Gasteiger partial charge on any atom is -0.359 e. The highest BCUT2D eigenvalue weighted by atomic mass is 32.2. The molecule has 0 spiro atoms. The van der Waals surface area contributed by atoms with Gasteiger partial charge in [-0.05, 0) is 62.5 Å². The maximum absolute atomic E-state index is 11.6. The van der Waals surface area contributed by atoms with Gasteiger partial charge in [0.05, 0.1) is 11.0 Å². The molecule has 1 aromatic rings. The van der Waals surface area contributed by atoms with E-state index >= 15 is 0 Å². The molecule has 0 aliphatic carbocycles. The van der Waals surface area contributed by atoms with Crippen molar-refractivity contribution in [2.45, 2.75) is 67.5 Å². The third-order valence-electron chi connectivity index (χ3n) is 4.92. The van der Waals surface area contributed by atoms with Gasteiger partial charge in [-0.2, -0.15) is 11.8 Å². The normalized spacial score (nSPS) is 29.5. The Kier molecular flexibility index (Phi) is 5.90. The summed E-state index contributed by atoms with van der Waals surface area (Å²) in [4.78, 5) is 0.377. The first-order valence-electron chi connectivity index (χ1n) is 8.76. The monoisotopic (exact) mass is 369 g/mol. The van der Waals surface area contributed by atoms with Crippen molar-refractivity contribution < 1.29 is 13.2 Å². The van der Waals surface area contributed by atoms with Gasteiger partial charge >= 0.3 is 0 Å². The summed E-state index contributed by atoms with van der Waals surface area (Å²) >= 11 is 2.03. The molecule has 4 nitrogen and oxygen atoms in total. The van der Waals surface area contributed by atoms with Gasteiger partial charge in [-0.15, -0.1) is 0 Å². The topological polar surface area (TPSA) is 55.4 Å². The summed E-state index contributed by atoms with van der Waals surface area (Å²) in [5.74, 6) is 1.26. The largest absolute Gasteiger partial charge is 0.359 e. The molecule has 1 aromatic carbocycles. The molecule has 0 radical (unpaired) electrons. The zero-order chi connectivity index (χ0) is 17.2. The number of nitrogens with one attached hydrogen (secondary N) is 1. The molecule has 134 valence electrons. The molecule has 2 heterocycles. The first-order valence-corrected chi connectivity index (χ1v) is 11.7. The Balaban J connectivity index is 1.60. The highest BCUT2D eigenvalue weighted by Gasteiger charge is 2.28. The van der Waals surface area contributed by atoms with Gasteiger partial charge in [0, 0.05) is 17.5 Å². The lowest BCUT2D eigenvalue weighted by Gasteiger charge is -2.34. The van der Waals surface area contributed by atoms with Crippen LogP contribution in [-0.4, -0.2) is 38.0 Å². The molecule has 4 atom stereocenters. The number of rotatable bonds is 5. The smallest absolute Gasteiger partial charge is 0.175 e. The van der Waals surface area contributed by atoms with Crippen LogP contribution in [0.15, 0.2) is 29.2 Å². The van der Waals surface area contributed by atoms with Crippen LogP contribution in [0.5, 0.6) is 0 Å². The second-order valence-electron chi connectivity index (χ2n) is 6.87. The van der Waals surface area contributed by atoms with Crippen LogP contribution >= 0.6 is 11.8 Å². The van der Waals surface area contributed by atoms with Gasteiger partial charge in [-0.3, -0.25) is 5.32 Å². The molecule has 3 unspecified atom stereocenters. The molecule has 24 heavy (non-hydrogen) atoms. The third-order valence-corrected chi connectivity index (χ3v) is 7.62. The summed E-state index contributed by atoms with van der Waals surface area (Å²) in [6.45, 7) is 2.19. The van der Waals surface area contributed by atoms with Crippen molar-refractivity contribution in [3.63, 3.8) is 0 Å². The van der Waals surface area contributed by atoms with Crippen LogP contribution in [0.4, 0.5) is 0 Å². The van der Waals surface area contributed by atoms with E-state index in [4.69, 9.17) is 4.74 Å². The Morgan fingerprint density at radius 2 is 1.92 bits per heavy atom. The molecular formula is C18H27NO3S2. The van der Waals surface area contributed by atoms with Crippen LogP contribution < -0.4 is 5.32 Å². The first-order chi connectivity index (χ1) is 11.4. The Hall–Kier alpha value is -0.560. The average Bonchev–Trinajstić information content (AvgIpc) is 3.09. The maximum Gasteiger partial charge on any atom is 0.175 e.